The Labute approximate surface area is 130 Å². The topological polar surface area (TPSA) is 36.3 Å². The van der Waals surface area contributed by atoms with Gasteiger partial charge in [-0.3, -0.25) is 0 Å². The smallest absolute Gasteiger partial charge is 0.136 e. The highest BCUT2D eigenvalue weighted by Gasteiger charge is 2.10. The van der Waals surface area contributed by atoms with Crippen molar-refractivity contribution in [3.8, 4) is 5.75 Å². The fourth-order valence-electron chi connectivity index (χ4n) is 2.58. The molecular weight excluding hydrogens is 276 g/mol. The number of aryl methyl sites for hydroxylation is 1. The molecule has 0 fully saturated rings. The average molecular weight is 296 g/mol. The number of aromatic nitrogens is 2. The normalized spacial score (nSPS) is 11.0. The molecule has 0 unspecified atom stereocenters. The van der Waals surface area contributed by atoms with Gasteiger partial charge in [-0.2, -0.15) is 0 Å². The predicted octanol–water partition coefficient (Wildman–Crippen LogP) is 3.57. The molecule has 114 valence electrons. The van der Waals surface area contributed by atoms with E-state index in [0.717, 1.165) is 34.7 Å². The van der Waals surface area contributed by atoms with E-state index in [2.05, 4.69) is 28.6 Å². The maximum Gasteiger partial charge on any atom is 0.136 e. The van der Waals surface area contributed by atoms with Crippen LogP contribution in [0.4, 0.5) is 0 Å². The molecule has 22 heavy (non-hydrogen) atoms. The van der Waals surface area contributed by atoms with Crippen molar-refractivity contribution in [2.45, 2.75) is 20.1 Å². The third kappa shape index (κ3) is 2.97. The maximum atomic E-state index is 5.90. The Hall–Kier alpha value is -2.33. The summed E-state index contributed by atoms with van der Waals surface area (Å²) in [7, 11) is 1.69. The fourth-order valence-corrected chi connectivity index (χ4v) is 2.58. The van der Waals surface area contributed by atoms with E-state index >= 15 is 0 Å². The molecule has 0 amide bonds. The summed E-state index contributed by atoms with van der Waals surface area (Å²) >= 11 is 0. The van der Waals surface area contributed by atoms with Crippen LogP contribution in [0, 0.1) is 6.92 Å². The summed E-state index contributed by atoms with van der Waals surface area (Å²) in [4.78, 5) is 4.63. The Kier molecular flexibility index (Phi) is 4.39. The Morgan fingerprint density at radius 1 is 1.05 bits per heavy atom. The molecule has 1 aromatic heterocycles. The standard InChI is InChI=1S/C18H20N2O2/c1-14-7-3-6-10-17(14)22-12-11-20-16-9-5-4-8-15(16)19-18(20)13-21-2/h3-10H,11-13H2,1-2H3. The van der Waals surface area contributed by atoms with Gasteiger partial charge in [0.1, 0.15) is 24.8 Å². The number of nitrogens with zero attached hydrogens (tertiary/aromatic N) is 2. The lowest BCUT2D eigenvalue weighted by Crippen LogP contribution is -2.12. The lowest BCUT2D eigenvalue weighted by Gasteiger charge is -2.12. The van der Waals surface area contributed by atoms with Crippen LogP contribution in [0.2, 0.25) is 0 Å². The van der Waals surface area contributed by atoms with Gasteiger partial charge >= 0.3 is 0 Å². The number of hydrogen-bond donors (Lipinski definition) is 0. The molecule has 0 aliphatic carbocycles. The number of ether oxygens (including phenoxy) is 2. The molecule has 4 nitrogen and oxygen atoms in total. The van der Waals surface area contributed by atoms with Crippen LogP contribution in [-0.4, -0.2) is 23.3 Å². The highest BCUT2D eigenvalue weighted by atomic mass is 16.5. The van der Waals surface area contributed by atoms with Crippen molar-refractivity contribution in [3.05, 3.63) is 59.9 Å². The molecule has 0 bridgehead atoms. The Bertz CT molecular complexity index is 765. The van der Waals surface area contributed by atoms with Crippen LogP contribution >= 0.6 is 0 Å². The zero-order chi connectivity index (χ0) is 15.4. The van der Waals surface area contributed by atoms with Gasteiger partial charge in [-0.05, 0) is 30.7 Å². The number of imidazole rings is 1. The van der Waals surface area contributed by atoms with Crippen molar-refractivity contribution in [3.63, 3.8) is 0 Å². The summed E-state index contributed by atoms with van der Waals surface area (Å²) in [5.41, 5.74) is 3.25. The van der Waals surface area contributed by atoms with E-state index in [1.54, 1.807) is 7.11 Å². The van der Waals surface area contributed by atoms with Gasteiger partial charge < -0.3 is 14.0 Å². The van der Waals surface area contributed by atoms with Crippen LogP contribution in [0.15, 0.2) is 48.5 Å². The summed E-state index contributed by atoms with van der Waals surface area (Å²) < 4.78 is 13.3. The van der Waals surface area contributed by atoms with Gasteiger partial charge in [0.2, 0.25) is 0 Å². The van der Waals surface area contributed by atoms with Crippen LogP contribution < -0.4 is 4.74 Å². The minimum absolute atomic E-state index is 0.499. The van der Waals surface area contributed by atoms with Gasteiger partial charge in [0, 0.05) is 7.11 Å². The van der Waals surface area contributed by atoms with Gasteiger partial charge in [-0.25, -0.2) is 4.98 Å². The van der Waals surface area contributed by atoms with Gasteiger partial charge in [-0.1, -0.05) is 30.3 Å². The van der Waals surface area contributed by atoms with Crippen LogP contribution in [0.25, 0.3) is 11.0 Å². The second kappa shape index (κ2) is 6.62. The zero-order valence-corrected chi connectivity index (χ0v) is 13.0. The van der Waals surface area contributed by atoms with Gasteiger partial charge in [0.15, 0.2) is 0 Å². The minimum Gasteiger partial charge on any atom is -0.491 e. The SMILES string of the molecule is COCc1nc2ccccc2n1CCOc1ccccc1C. The number of para-hydroxylation sites is 3. The minimum atomic E-state index is 0.499. The molecule has 0 aliphatic rings. The molecule has 3 aromatic rings. The lowest BCUT2D eigenvalue weighted by atomic mass is 10.2. The van der Waals surface area contributed by atoms with E-state index in [4.69, 9.17) is 9.47 Å². The quantitative estimate of drug-likeness (QED) is 0.697. The molecule has 0 radical (unpaired) electrons. The third-order valence-corrected chi connectivity index (χ3v) is 3.67. The molecule has 4 heteroatoms. The molecule has 0 N–H and O–H groups in total. The van der Waals surface area contributed by atoms with E-state index in [1.165, 1.54) is 0 Å². The maximum absolute atomic E-state index is 5.90. The number of benzene rings is 2. The first-order valence-corrected chi connectivity index (χ1v) is 7.41. The largest absolute Gasteiger partial charge is 0.491 e. The first-order valence-electron chi connectivity index (χ1n) is 7.41. The van der Waals surface area contributed by atoms with Crippen LogP contribution in [0.3, 0.4) is 0 Å². The molecule has 0 spiro atoms. The highest BCUT2D eigenvalue weighted by Crippen LogP contribution is 2.18. The van der Waals surface area contributed by atoms with Gasteiger partial charge in [0.25, 0.3) is 0 Å². The van der Waals surface area contributed by atoms with Gasteiger partial charge in [-0.15, -0.1) is 0 Å². The van der Waals surface area contributed by atoms with Crippen molar-refractivity contribution in [1.29, 1.82) is 0 Å². The monoisotopic (exact) mass is 296 g/mol. The Morgan fingerprint density at radius 3 is 2.64 bits per heavy atom. The summed E-state index contributed by atoms with van der Waals surface area (Å²) in [6.45, 7) is 3.90. The molecule has 2 aromatic carbocycles. The first-order chi connectivity index (χ1) is 10.8. The van der Waals surface area contributed by atoms with Crippen molar-refractivity contribution < 1.29 is 9.47 Å². The second-order valence-electron chi connectivity index (χ2n) is 5.22. The zero-order valence-electron chi connectivity index (χ0n) is 13.0. The van der Waals surface area contributed by atoms with Crippen molar-refractivity contribution in [1.82, 2.24) is 9.55 Å². The van der Waals surface area contributed by atoms with Crippen molar-refractivity contribution in [2.75, 3.05) is 13.7 Å². The van der Waals surface area contributed by atoms with Crippen LogP contribution in [0.5, 0.6) is 5.75 Å². The average Bonchev–Trinajstić information content (AvgIpc) is 2.87. The number of fused-ring (bicyclic) bond motifs is 1. The van der Waals surface area contributed by atoms with Crippen molar-refractivity contribution in [2.24, 2.45) is 0 Å². The molecule has 0 aliphatic heterocycles. The molecule has 0 saturated heterocycles. The molecular formula is C18H20N2O2. The first kappa shape index (κ1) is 14.6. The molecule has 0 atom stereocenters. The Morgan fingerprint density at radius 2 is 1.82 bits per heavy atom. The van der Waals surface area contributed by atoms with E-state index in [-0.39, 0.29) is 0 Å². The summed E-state index contributed by atoms with van der Waals surface area (Å²) in [5, 5.41) is 0. The summed E-state index contributed by atoms with van der Waals surface area (Å²) in [6.07, 6.45) is 0. The van der Waals surface area contributed by atoms with Crippen molar-refractivity contribution >= 4 is 11.0 Å². The number of rotatable bonds is 6. The fraction of sp³-hybridized carbons (Fsp3) is 0.278. The third-order valence-electron chi connectivity index (χ3n) is 3.67. The van der Waals surface area contributed by atoms with E-state index in [9.17, 15) is 0 Å². The molecule has 1 heterocycles. The van der Waals surface area contributed by atoms with Gasteiger partial charge in [0.05, 0.1) is 17.6 Å². The highest BCUT2D eigenvalue weighted by molar-refractivity contribution is 5.75. The van der Waals surface area contributed by atoms with E-state index in [1.807, 2.05) is 36.4 Å². The predicted molar refractivity (Wildman–Crippen MR) is 87.1 cm³/mol. The second-order valence-corrected chi connectivity index (χ2v) is 5.22. The molecule has 0 saturated carbocycles. The van der Waals surface area contributed by atoms with Crippen LogP contribution in [-0.2, 0) is 17.9 Å². The lowest BCUT2D eigenvalue weighted by molar-refractivity contribution is 0.173. The summed E-state index contributed by atoms with van der Waals surface area (Å²) in [5.74, 6) is 1.86. The Balaban J connectivity index is 1.78. The number of hydrogen-bond acceptors (Lipinski definition) is 3. The van der Waals surface area contributed by atoms with Crippen LogP contribution in [0.1, 0.15) is 11.4 Å². The van der Waals surface area contributed by atoms with E-state index in [0.29, 0.717) is 13.2 Å². The summed E-state index contributed by atoms with van der Waals surface area (Å²) in [6, 6.07) is 16.2. The molecule has 3 rings (SSSR count). The van der Waals surface area contributed by atoms with E-state index < -0.39 is 0 Å². The number of methoxy groups -OCH3 is 1.